The molecule has 1 atom stereocenters. The Balaban J connectivity index is 1.36. The Bertz CT molecular complexity index is 602. The highest BCUT2D eigenvalue weighted by atomic mass is 16.2. The van der Waals surface area contributed by atoms with E-state index < -0.39 is 0 Å². The number of amides is 2. The molecule has 1 N–H and O–H groups in total. The number of piperazine rings is 1. The number of carbonyl (C=O) groups excluding carboxylic acids is 2. The number of hydrogen-bond acceptors (Lipinski definition) is 4. The van der Waals surface area contributed by atoms with Crippen LogP contribution in [0.4, 0.5) is 0 Å². The topological polar surface area (TPSA) is 70.5 Å². The van der Waals surface area contributed by atoms with Crippen molar-refractivity contribution in [1.29, 1.82) is 0 Å². The number of aromatic nitrogens is 2. The van der Waals surface area contributed by atoms with E-state index in [0.717, 1.165) is 44.7 Å². The molecule has 3 rings (SSSR count). The van der Waals surface area contributed by atoms with Gasteiger partial charge in [-0.25, -0.2) is 4.98 Å². The summed E-state index contributed by atoms with van der Waals surface area (Å²) >= 11 is 0. The molecule has 0 spiro atoms. The second kappa shape index (κ2) is 7.99. The molecule has 7 nitrogen and oxygen atoms in total. The summed E-state index contributed by atoms with van der Waals surface area (Å²) in [4.78, 5) is 32.8. The van der Waals surface area contributed by atoms with Gasteiger partial charge in [0.15, 0.2) is 0 Å². The molecule has 2 aliphatic rings. The maximum absolute atomic E-state index is 12.4. The average molecular weight is 347 g/mol. The quantitative estimate of drug-likeness (QED) is 0.791. The van der Waals surface area contributed by atoms with E-state index in [1.165, 1.54) is 0 Å². The molecule has 1 aliphatic heterocycles. The van der Waals surface area contributed by atoms with Crippen molar-refractivity contribution in [3.8, 4) is 0 Å². The van der Waals surface area contributed by atoms with E-state index in [4.69, 9.17) is 0 Å². The molecule has 7 heteroatoms. The molecule has 2 fully saturated rings. The second-order valence-electron chi connectivity index (χ2n) is 7.15. The van der Waals surface area contributed by atoms with Crippen LogP contribution >= 0.6 is 0 Å². The lowest BCUT2D eigenvalue weighted by molar-refractivity contribution is -0.134. The van der Waals surface area contributed by atoms with Crippen LogP contribution in [0.3, 0.4) is 0 Å². The predicted octanol–water partition coefficient (Wildman–Crippen LogP) is 0.783. The predicted molar refractivity (Wildman–Crippen MR) is 95.0 cm³/mol. The number of nitrogens with zero attached hydrogens (tertiary/aromatic N) is 4. The van der Waals surface area contributed by atoms with Crippen LogP contribution in [0.25, 0.3) is 0 Å². The normalized spacial score (nSPS) is 19.7. The maximum atomic E-state index is 12.4. The molecule has 1 aliphatic carbocycles. The van der Waals surface area contributed by atoms with Crippen LogP contribution < -0.4 is 5.32 Å². The van der Waals surface area contributed by atoms with Gasteiger partial charge >= 0.3 is 0 Å². The molecule has 1 saturated carbocycles. The standard InChI is InChI=1S/C18H29N5O2/c1-14(18(25)20-16-5-6-16)21-10-12-23(13-11-21)17(24)4-3-8-22-9-7-19-15(22)2/h7,9,14,16H,3-6,8,10-13H2,1-2H3,(H,20,25). The molecule has 0 bridgehead atoms. The minimum Gasteiger partial charge on any atom is -0.352 e. The molecule has 0 aromatic carbocycles. The molecule has 2 heterocycles. The third kappa shape index (κ3) is 4.81. The van der Waals surface area contributed by atoms with Crippen molar-refractivity contribution in [1.82, 2.24) is 24.7 Å². The Morgan fingerprint density at radius 1 is 1.28 bits per heavy atom. The van der Waals surface area contributed by atoms with Gasteiger partial charge in [-0.2, -0.15) is 0 Å². The lowest BCUT2D eigenvalue weighted by Crippen LogP contribution is -2.55. The highest BCUT2D eigenvalue weighted by molar-refractivity contribution is 5.82. The largest absolute Gasteiger partial charge is 0.352 e. The van der Waals surface area contributed by atoms with Gasteiger partial charge in [0.1, 0.15) is 5.82 Å². The summed E-state index contributed by atoms with van der Waals surface area (Å²) in [6, 6.07) is 0.291. The van der Waals surface area contributed by atoms with Crippen LogP contribution in [-0.4, -0.2) is 69.4 Å². The average Bonchev–Trinajstić information content (AvgIpc) is 3.34. The van der Waals surface area contributed by atoms with Gasteiger partial charge in [-0.05, 0) is 33.1 Å². The van der Waals surface area contributed by atoms with Crippen molar-refractivity contribution < 1.29 is 9.59 Å². The van der Waals surface area contributed by atoms with E-state index in [1.54, 1.807) is 6.20 Å². The molecule has 1 saturated heterocycles. The smallest absolute Gasteiger partial charge is 0.237 e. The Kier molecular flexibility index (Phi) is 5.73. The zero-order chi connectivity index (χ0) is 17.8. The van der Waals surface area contributed by atoms with Crippen molar-refractivity contribution in [2.45, 2.75) is 58.2 Å². The molecule has 2 amide bonds. The fourth-order valence-corrected chi connectivity index (χ4v) is 3.27. The summed E-state index contributed by atoms with van der Waals surface area (Å²) in [6.07, 6.45) is 7.36. The van der Waals surface area contributed by atoms with E-state index in [-0.39, 0.29) is 17.9 Å². The molecule has 0 radical (unpaired) electrons. The van der Waals surface area contributed by atoms with Crippen LogP contribution in [0.2, 0.25) is 0 Å². The van der Waals surface area contributed by atoms with Gasteiger partial charge in [0.2, 0.25) is 11.8 Å². The second-order valence-corrected chi connectivity index (χ2v) is 7.15. The van der Waals surface area contributed by atoms with Gasteiger partial charge in [-0.3, -0.25) is 14.5 Å². The SMILES string of the molecule is Cc1nccn1CCCC(=O)N1CCN(C(C)C(=O)NC2CC2)CC1. The van der Waals surface area contributed by atoms with Gasteiger partial charge in [0.25, 0.3) is 0 Å². The highest BCUT2D eigenvalue weighted by Gasteiger charge is 2.30. The van der Waals surface area contributed by atoms with E-state index in [2.05, 4.69) is 19.8 Å². The van der Waals surface area contributed by atoms with E-state index in [9.17, 15) is 9.59 Å². The van der Waals surface area contributed by atoms with E-state index in [1.807, 2.05) is 24.9 Å². The fraction of sp³-hybridized carbons (Fsp3) is 0.722. The van der Waals surface area contributed by atoms with E-state index in [0.29, 0.717) is 25.6 Å². The molecule has 25 heavy (non-hydrogen) atoms. The van der Waals surface area contributed by atoms with Crippen LogP contribution in [-0.2, 0) is 16.1 Å². The summed E-state index contributed by atoms with van der Waals surface area (Å²) in [7, 11) is 0. The van der Waals surface area contributed by atoms with Gasteiger partial charge in [-0.15, -0.1) is 0 Å². The maximum Gasteiger partial charge on any atom is 0.237 e. The first kappa shape index (κ1) is 17.9. The van der Waals surface area contributed by atoms with Crippen molar-refractivity contribution in [2.24, 2.45) is 0 Å². The third-order valence-electron chi connectivity index (χ3n) is 5.23. The Hall–Kier alpha value is -1.89. The monoisotopic (exact) mass is 347 g/mol. The first-order valence-corrected chi connectivity index (χ1v) is 9.34. The number of hydrogen-bond donors (Lipinski definition) is 1. The Morgan fingerprint density at radius 2 is 2.00 bits per heavy atom. The first-order chi connectivity index (χ1) is 12.0. The molecule has 1 aromatic heterocycles. The van der Waals surface area contributed by atoms with Crippen molar-refractivity contribution in [3.63, 3.8) is 0 Å². The number of nitrogens with one attached hydrogen (secondary N) is 1. The Morgan fingerprint density at radius 3 is 2.60 bits per heavy atom. The van der Waals surface area contributed by atoms with Gasteiger partial charge in [-0.1, -0.05) is 0 Å². The number of imidazole rings is 1. The minimum absolute atomic E-state index is 0.109. The Labute approximate surface area is 149 Å². The van der Waals surface area contributed by atoms with Crippen molar-refractivity contribution in [2.75, 3.05) is 26.2 Å². The minimum atomic E-state index is -0.109. The zero-order valence-electron chi connectivity index (χ0n) is 15.3. The summed E-state index contributed by atoms with van der Waals surface area (Å²) in [6.45, 7) is 7.73. The third-order valence-corrected chi connectivity index (χ3v) is 5.23. The molecule has 1 aromatic rings. The fourth-order valence-electron chi connectivity index (χ4n) is 3.27. The van der Waals surface area contributed by atoms with E-state index >= 15 is 0 Å². The summed E-state index contributed by atoms with van der Waals surface area (Å²) in [5.41, 5.74) is 0. The molecule has 1 unspecified atom stereocenters. The van der Waals surface area contributed by atoms with Gasteiger partial charge in [0, 0.05) is 57.6 Å². The molecular weight excluding hydrogens is 318 g/mol. The summed E-state index contributed by atoms with van der Waals surface area (Å²) in [5.74, 6) is 1.32. The zero-order valence-corrected chi connectivity index (χ0v) is 15.3. The lowest BCUT2D eigenvalue weighted by Gasteiger charge is -2.37. The highest BCUT2D eigenvalue weighted by Crippen LogP contribution is 2.19. The number of rotatable bonds is 7. The van der Waals surface area contributed by atoms with Gasteiger partial charge in [0.05, 0.1) is 6.04 Å². The lowest BCUT2D eigenvalue weighted by atomic mass is 10.2. The van der Waals surface area contributed by atoms with Crippen LogP contribution in [0.5, 0.6) is 0 Å². The summed E-state index contributed by atoms with van der Waals surface area (Å²) in [5, 5.41) is 3.06. The first-order valence-electron chi connectivity index (χ1n) is 9.34. The molecular formula is C18H29N5O2. The van der Waals surface area contributed by atoms with Crippen molar-refractivity contribution >= 4 is 11.8 Å². The molecule has 138 valence electrons. The van der Waals surface area contributed by atoms with Crippen LogP contribution in [0.15, 0.2) is 12.4 Å². The van der Waals surface area contributed by atoms with Gasteiger partial charge < -0.3 is 14.8 Å². The summed E-state index contributed by atoms with van der Waals surface area (Å²) < 4.78 is 2.07. The van der Waals surface area contributed by atoms with Crippen LogP contribution in [0.1, 0.15) is 38.4 Å². The number of carbonyl (C=O) groups is 2. The number of aryl methyl sites for hydroxylation is 2. The van der Waals surface area contributed by atoms with Crippen LogP contribution in [0, 0.1) is 6.92 Å². The van der Waals surface area contributed by atoms with Crippen molar-refractivity contribution in [3.05, 3.63) is 18.2 Å².